The number of furan rings is 1. The average molecular weight is 347 g/mol. The molecule has 1 aliphatic heterocycles. The van der Waals surface area contributed by atoms with E-state index in [0.29, 0.717) is 11.3 Å². The zero-order valence-corrected chi connectivity index (χ0v) is 14.7. The summed E-state index contributed by atoms with van der Waals surface area (Å²) in [5, 5.41) is 0. The van der Waals surface area contributed by atoms with Crippen molar-refractivity contribution in [1.29, 1.82) is 0 Å². The Labute approximate surface area is 152 Å². The van der Waals surface area contributed by atoms with Gasteiger partial charge in [-0.1, -0.05) is 30.3 Å². The van der Waals surface area contributed by atoms with Crippen LogP contribution in [-0.4, -0.2) is 13.1 Å². The summed E-state index contributed by atoms with van der Waals surface area (Å²) in [4.78, 5) is 15.5. The van der Waals surface area contributed by atoms with E-state index in [1.165, 1.54) is 19.3 Å². The van der Waals surface area contributed by atoms with Crippen LogP contribution in [0.4, 0.5) is 5.69 Å². The van der Waals surface area contributed by atoms with Gasteiger partial charge in [0, 0.05) is 25.1 Å². The van der Waals surface area contributed by atoms with Crippen molar-refractivity contribution in [2.24, 2.45) is 0 Å². The van der Waals surface area contributed by atoms with Crippen molar-refractivity contribution >= 4 is 5.69 Å². The van der Waals surface area contributed by atoms with Crippen molar-refractivity contribution in [3.05, 3.63) is 64.4 Å². The van der Waals surface area contributed by atoms with Gasteiger partial charge in [-0.2, -0.15) is 0 Å². The second-order valence-electron chi connectivity index (χ2n) is 7.09. The van der Waals surface area contributed by atoms with E-state index in [-0.39, 0.29) is 5.63 Å². The van der Waals surface area contributed by atoms with Crippen molar-refractivity contribution in [2.75, 3.05) is 18.0 Å². The Morgan fingerprint density at radius 1 is 0.923 bits per heavy atom. The number of rotatable bonds is 2. The minimum absolute atomic E-state index is 0.260. The molecule has 0 N–H and O–H groups in total. The summed E-state index contributed by atoms with van der Waals surface area (Å²) >= 11 is 0. The molecule has 4 heteroatoms. The second kappa shape index (κ2) is 6.20. The molecular weight excluding hydrogens is 326 g/mol. The lowest BCUT2D eigenvalue weighted by molar-refractivity contribution is 0.482. The van der Waals surface area contributed by atoms with Gasteiger partial charge < -0.3 is 13.7 Å². The van der Waals surface area contributed by atoms with Crippen LogP contribution in [0.5, 0.6) is 0 Å². The molecule has 1 fully saturated rings. The number of hydrogen-bond donors (Lipinski definition) is 0. The molecule has 0 unspecified atom stereocenters. The molecule has 0 spiro atoms. The normalized spacial score (nSPS) is 16.2. The fourth-order valence-electron chi connectivity index (χ4n) is 4.31. The molecule has 1 saturated heterocycles. The molecule has 3 heterocycles. The van der Waals surface area contributed by atoms with Gasteiger partial charge >= 0.3 is 5.63 Å². The molecule has 26 heavy (non-hydrogen) atoms. The van der Waals surface area contributed by atoms with Crippen molar-refractivity contribution in [2.45, 2.75) is 32.1 Å². The lowest BCUT2D eigenvalue weighted by Gasteiger charge is -2.33. The summed E-state index contributed by atoms with van der Waals surface area (Å²) in [6.07, 6.45) is 6.96. The van der Waals surface area contributed by atoms with E-state index in [2.05, 4.69) is 4.90 Å². The number of aryl methyl sites for hydroxylation is 1. The van der Waals surface area contributed by atoms with Crippen LogP contribution < -0.4 is 10.5 Å². The highest BCUT2D eigenvalue weighted by Gasteiger charge is 2.30. The fraction of sp³-hybridized carbons (Fsp3) is 0.318. The maximum absolute atomic E-state index is 13.1. The van der Waals surface area contributed by atoms with Gasteiger partial charge in [0.15, 0.2) is 0 Å². The molecule has 4 nitrogen and oxygen atoms in total. The molecule has 5 rings (SSSR count). The smallest absolute Gasteiger partial charge is 0.346 e. The monoisotopic (exact) mass is 347 g/mol. The fourth-order valence-corrected chi connectivity index (χ4v) is 4.31. The average Bonchev–Trinajstić information content (AvgIpc) is 3.18. The first-order chi connectivity index (χ1) is 12.8. The molecule has 2 aromatic heterocycles. The summed E-state index contributed by atoms with van der Waals surface area (Å²) in [6.45, 7) is 1.99. The Hall–Kier alpha value is -2.75. The first-order valence-electron chi connectivity index (χ1n) is 9.40. The van der Waals surface area contributed by atoms with Crippen molar-refractivity contribution in [3.63, 3.8) is 0 Å². The Balaban J connectivity index is 1.80. The van der Waals surface area contributed by atoms with Gasteiger partial charge in [0.1, 0.15) is 11.5 Å². The van der Waals surface area contributed by atoms with Gasteiger partial charge in [-0.25, -0.2) is 4.79 Å². The van der Waals surface area contributed by atoms with E-state index in [9.17, 15) is 4.79 Å². The number of piperidine rings is 1. The first-order valence-corrected chi connectivity index (χ1v) is 9.40. The standard InChI is InChI=1S/C22H21NO3/c24-22-19(15-7-3-1-4-8-15)20(23-12-5-2-6-13-23)17-9-10-18-16(11-14-25-18)21(17)26-22/h1,3-4,7-8,11,14H,2,5-6,9-10,12-13H2. The molecule has 0 saturated carbocycles. The molecule has 0 atom stereocenters. The Morgan fingerprint density at radius 3 is 2.54 bits per heavy atom. The van der Waals surface area contributed by atoms with Crippen molar-refractivity contribution in [1.82, 2.24) is 0 Å². The number of anilines is 1. The summed E-state index contributed by atoms with van der Waals surface area (Å²) < 4.78 is 11.4. The quantitative estimate of drug-likeness (QED) is 0.677. The molecule has 3 aromatic rings. The van der Waals surface area contributed by atoms with Crippen LogP contribution in [0.15, 0.2) is 56.3 Å². The van der Waals surface area contributed by atoms with Crippen LogP contribution >= 0.6 is 0 Å². The predicted octanol–water partition coefficient (Wildman–Crippen LogP) is 4.66. The lowest BCUT2D eigenvalue weighted by Crippen LogP contribution is -2.32. The van der Waals surface area contributed by atoms with Crippen LogP contribution in [0.3, 0.4) is 0 Å². The summed E-state index contributed by atoms with van der Waals surface area (Å²) in [6, 6.07) is 11.8. The Morgan fingerprint density at radius 2 is 1.73 bits per heavy atom. The molecule has 0 radical (unpaired) electrons. The first kappa shape index (κ1) is 15.5. The van der Waals surface area contributed by atoms with Crippen LogP contribution in [-0.2, 0) is 12.8 Å². The van der Waals surface area contributed by atoms with E-state index in [0.717, 1.165) is 54.1 Å². The number of hydrogen-bond acceptors (Lipinski definition) is 4. The van der Waals surface area contributed by atoms with Gasteiger partial charge in [0.05, 0.1) is 23.1 Å². The van der Waals surface area contributed by atoms with Crippen molar-refractivity contribution in [3.8, 4) is 22.5 Å². The topological polar surface area (TPSA) is 46.6 Å². The van der Waals surface area contributed by atoms with E-state index in [1.807, 2.05) is 36.4 Å². The zero-order chi connectivity index (χ0) is 17.5. The third-order valence-corrected chi connectivity index (χ3v) is 5.52. The molecule has 0 bridgehead atoms. The van der Waals surface area contributed by atoms with Gasteiger partial charge in [-0.05, 0) is 37.3 Å². The maximum atomic E-state index is 13.1. The predicted molar refractivity (Wildman–Crippen MR) is 102 cm³/mol. The largest absolute Gasteiger partial charge is 0.469 e. The highest BCUT2D eigenvalue weighted by atomic mass is 16.4. The van der Waals surface area contributed by atoms with Gasteiger partial charge in [-0.3, -0.25) is 0 Å². The van der Waals surface area contributed by atoms with E-state index in [4.69, 9.17) is 8.83 Å². The number of fused-ring (bicyclic) bond motifs is 3. The molecule has 1 aromatic carbocycles. The van der Waals surface area contributed by atoms with Gasteiger partial charge in [0.2, 0.25) is 0 Å². The number of benzene rings is 1. The van der Waals surface area contributed by atoms with Crippen LogP contribution in [0.1, 0.15) is 30.6 Å². The third-order valence-electron chi connectivity index (χ3n) is 5.52. The van der Waals surface area contributed by atoms with Crippen LogP contribution in [0, 0.1) is 0 Å². The minimum atomic E-state index is -0.260. The highest BCUT2D eigenvalue weighted by molar-refractivity contribution is 5.85. The molecule has 0 amide bonds. The SMILES string of the molecule is O=c1oc2c(c(N3CCCCC3)c1-c1ccccc1)CCc1occc1-2. The molecule has 2 aliphatic rings. The summed E-state index contributed by atoms with van der Waals surface area (Å²) in [5.41, 5.74) is 4.54. The van der Waals surface area contributed by atoms with Gasteiger partial charge in [-0.15, -0.1) is 0 Å². The van der Waals surface area contributed by atoms with Gasteiger partial charge in [0.25, 0.3) is 0 Å². The van der Waals surface area contributed by atoms with Crippen LogP contribution in [0.25, 0.3) is 22.5 Å². The maximum Gasteiger partial charge on any atom is 0.346 e. The number of nitrogens with zero attached hydrogens (tertiary/aromatic N) is 1. The second-order valence-corrected chi connectivity index (χ2v) is 7.09. The lowest BCUT2D eigenvalue weighted by atomic mass is 9.90. The minimum Gasteiger partial charge on any atom is -0.469 e. The zero-order valence-electron chi connectivity index (χ0n) is 14.7. The Bertz CT molecular complexity index is 994. The summed E-state index contributed by atoms with van der Waals surface area (Å²) in [7, 11) is 0. The summed E-state index contributed by atoms with van der Waals surface area (Å²) in [5.74, 6) is 1.61. The molecule has 1 aliphatic carbocycles. The van der Waals surface area contributed by atoms with Crippen molar-refractivity contribution < 1.29 is 8.83 Å². The Kier molecular flexibility index (Phi) is 3.70. The van der Waals surface area contributed by atoms with Crippen LogP contribution in [0.2, 0.25) is 0 Å². The molecule has 132 valence electrons. The molecular formula is C22H21NO3. The van der Waals surface area contributed by atoms with E-state index < -0.39 is 0 Å². The highest BCUT2D eigenvalue weighted by Crippen LogP contribution is 2.42. The van der Waals surface area contributed by atoms with E-state index >= 15 is 0 Å². The van der Waals surface area contributed by atoms with E-state index in [1.54, 1.807) is 6.26 Å². The third kappa shape index (κ3) is 2.40.